The Bertz CT molecular complexity index is 473. The van der Waals surface area contributed by atoms with E-state index in [0.717, 1.165) is 23.4 Å². The van der Waals surface area contributed by atoms with Gasteiger partial charge in [-0.15, -0.1) is 0 Å². The Morgan fingerprint density at radius 2 is 2.13 bits per heavy atom. The lowest BCUT2D eigenvalue weighted by atomic mass is 10.1. The predicted molar refractivity (Wildman–Crippen MR) is 60.3 cm³/mol. The van der Waals surface area contributed by atoms with Gasteiger partial charge in [0.25, 0.3) is 0 Å². The zero-order chi connectivity index (χ0) is 10.8. The molecule has 0 atom stereocenters. The van der Waals surface area contributed by atoms with Gasteiger partial charge in [0.15, 0.2) is 0 Å². The van der Waals surface area contributed by atoms with Crippen LogP contribution in [0.2, 0.25) is 0 Å². The summed E-state index contributed by atoms with van der Waals surface area (Å²) in [5.74, 6) is 0. The summed E-state index contributed by atoms with van der Waals surface area (Å²) >= 11 is 0. The fourth-order valence-corrected chi connectivity index (χ4v) is 1.68. The summed E-state index contributed by atoms with van der Waals surface area (Å²) in [5, 5.41) is 4.29. The third kappa shape index (κ3) is 1.58. The molecule has 0 aliphatic rings. The van der Waals surface area contributed by atoms with Crippen molar-refractivity contribution in [3.8, 4) is 11.1 Å². The van der Waals surface area contributed by atoms with Crippen LogP contribution in [0.15, 0.2) is 24.7 Å². The molecule has 0 saturated heterocycles. The molecule has 0 radical (unpaired) electrons. The summed E-state index contributed by atoms with van der Waals surface area (Å²) in [7, 11) is 0. The Hall–Kier alpha value is -1.84. The molecule has 2 heterocycles. The Labute approximate surface area is 88.8 Å². The van der Waals surface area contributed by atoms with Crippen molar-refractivity contribution in [2.24, 2.45) is 0 Å². The molecule has 0 unspecified atom stereocenters. The van der Waals surface area contributed by atoms with E-state index in [4.69, 9.17) is 5.73 Å². The van der Waals surface area contributed by atoms with Crippen LogP contribution < -0.4 is 5.73 Å². The molecule has 0 aromatic carbocycles. The SMILES string of the molecule is CCn1ncc(-c2ccncc2N)c1C. The van der Waals surface area contributed by atoms with Crippen LogP contribution in [-0.2, 0) is 6.54 Å². The van der Waals surface area contributed by atoms with Crippen LogP contribution in [0.3, 0.4) is 0 Å². The van der Waals surface area contributed by atoms with Gasteiger partial charge in [-0.1, -0.05) is 0 Å². The number of aromatic nitrogens is 3. The maximum absolute atomic E-state index is 5.87. The topological polar surface area (TPSA) is 56.7 Å². The number of nitrogen functional groups attached to an aromatic ring is 1. The summed E-state index contributed by atoms with van der Waals surface area (Å²) in [5.41, 5.74) is 9.78. The van der Waals surface area contributed by atoms with Gasteiger partial charge in [0, 0.05) is 29.6 Å². The molecular formula is C11H14N4. The number of rotatable bonds is 2. The van der Waals surface area contributed by atoms with Crippen LogP contribution in [-0.4, -0.2) is 14.8 Å². The summed E-state index contributed by atoms with van der Waals surface area (Å²) in [4.78, 5) is 3.97. The average Bonchev–Trinajstić information content (AvgIpc) is 2.60. The van der Waals surface area contributed by atoms with Crippen LogP contribution >= 0.6 is 0 Å². The van der Waals surface area contributed by atoms with Crippen molar-refractivity contribution in [1.29, 1.82) is 0 Å². The molecule has 0 amide bonds. The Morgan fingerprint density at radius 3 is 2.73 bits per heavy atom. The van der Waals surface area contributed by atoms with Gasteiger partial charge in [-0.25, -0.2) is 0 Å². The lowest BCUT2D eigenvalue weighted by Crippen LogP contribution is -1.99. The van der Waals surface area contributed by atoms with Crippen LogP contribution in [0.5, 0.6) is 0 Å². The molecule has 0 aliphatic heterocycles. The minimum absolute atomic E-state index is 0.691. The first-order valence-electron chi connectivity index (χ1n) is 4.96. The zero-order valence-electron chi connectivity index (χ0n) is 8.94. The second kappa shape index (κ2) is 3.73. The van der Waals surface area contributed by atoms with Crippen molar-refractivity contribution in [2.75, 3.05) is 5.73 Å². The highest BCUT2D eigenvalue weighted by atomic mass is 15.3. The minimum atomic E-state index is 0.691. The quantitative estimate of drug-likeness (QED) is 0.808. The molecule has 2 rings (SSSR count). The zero-order valence-corrected chi connectivity index (χ0v) is 8.94. The number of aryl methyl sites for hydroxylation is 1. The highest BCUT2D eigenvalue weighted by Gasteiger charge is 2.09. The second-order valence-electron chi connectivity index (χ2n) is 3.42. The van der Waals surface area contributed by atoms with E-state index in [1.807, 2.05) is 23.9 Å². The number of anilines is 1. The molecule has 0 fully saturated rings. The van der Waals surface area contributed by atoms with Crippen molar-refractivity contribution < 1.29 is 0 Å². The molecule has 78 valence electrons. The van der Waals surface area contributed by atoms with Crippen LogP contribution in [0.4, 0.5) is 5.69 Å². The molecule has 2 aromatic rings. The van der Waals surface area contributed by atoms with Gasteiger partial charge < -0.3 is 5.73 Å². The van der Waals surface area contributed by atoms with Crippen molar-refractivity contribution in [3.05, 3.63) is 30.4 Å². The normalized spacial score (nSPS) is 10.5. The first-order valence-corrected chi connectivity index (χ1v) is 4.96. The first-order chi connectivity index (χ1) is 7.24. The Kier molecular flexibility index (Phi) is 2.41. The highest BCUT2D eigenvalue weighted by Crippen LogP contribution is 2.27. The van der Waals surface area contributed by atoms with Gasteiger partial charge in [-0.2, -0.15) is 5.10 Å². The first kappa shape index (κ1) is 9.71. The molecule has 2 aromatic heterocycles. The Balaban J connectivity index is 2.55. The monoisotopic (exact) mass is 202 g/mol. The van der Waals surface area contributed by atoms with E-state index in [1.165, 1.54) is 0 Å². The molecule has 0 spiro atoms. The van der Waals surface area contributed by atoms with Gasteiger partial charge in [0.05, 0.1) is 18.1 Å². The Morgan fingerprint density at radius 1 is 1.33 bits per heavy atom. The van der Waals surface area contributed by atoms with Gasteiger partial charge in [0.2, 0.25) is 0 Å². The lowest BCUT2D eigenvalue weighted by Gasteiger charge is -2.04. The number of hydrogen-bond acceptors (Lipinski definition) is 3. The van der Waals surface area contributed by atoms with Crippen LogP contribution in [0, 0.1) is 6.92 Å². The number of pyridine rings is 1. The van der Waals surface area contributed by atoms with Crippen LogP contribution in [0.1, 0.15) is 12.6 Å². The summed E-state index contributed by atoms with van der Waals surface area (Å²) in [6, 6.07) is 1.92. The van der Waals surface area contributed by atoms with Crippen molar-refractivity contribution in [3.63, 3.8) is 0 Å². The van der Waals surface area contributed by atoms with Gasteiger partial charge in [-0.05, 0) is 19.9 Å². The smallest absolute Gasteiger partial charge is 0.0581 e. The number of nitrogens with zero attached hydrogens (tertiary/aromatic N) is 3. The molecule has 0 saturated carbocycles. The third-order valence-corrected chi connectivity index (χ3v) is 2.54. The largest absolute Gasteiger partial charge is 0.397 e. The molecule has 2 N–H and O–H groups in total. The average molecular weight is 202 g/mol. The molecule has 4 heteroatoms. The van der Waals surface area contributed by atoms with E-state index in [-0.39, 0.29) is 0 Å². The third-order valence-electron chi connectivity index (χ3n) is 2.54. The van der Waals surface area contributed by atoms with E-state index < -0.39 is 0 Å². The predicted octanol–water partition coefficient (Wildman–Crippen LogP) is 1.86. The summed E-state index contributed by atoms with van der Waals surface area (Å²) < 4.78 is 1.95. The maximum Gasteiger partial charge on any atom is 0.0581 e. The van der Waals surface area contributed by atoms with Crippen molar-refractivity contribution in [2.45, 2.75) is 20.4 Å². The van der Waals surface area contributed by atoms with Gasteiger partial charge in [-0.3, -0.25) is 9.67 Å². The molecule has 0 aliphatic carbocycles. The molecule has 15 heavy (non-hydrogen) atoms. The van der Waals surface area contributed by atoms with E-state index in [9.17, 15) is 0 Å². The molecular weight excluding hydrogens is 188 g/mol. The molecule has 0 bridgehead atoms. The van der Waals surface area contributed by atoms with E-state index >= 15 is 0 Å². The van der Waals surface area contributed by atoms with Gasteiger partial charge in [0.1, 0.15) is 0 Å². The molecule has 4 nitrogen and oxygen atoms in total. The summed E-state index contributed by atoms with van der Waals surface area (Å²) in [6.45, 7) is 4.99. The summed E-state index contributed by atoms with van der Waals surface area (Å²) in [6.07, 6.45) is 5.26. The van der Waals surface area contributed by atoms with E-state index in [1.54, 1.807) is 12.4 Å². The standard InChI is InChI=1S/C11H14N4/c1-3-15-8(2)10(6-14-15)9-4-5-13-7-11(9)12/h4-7H,3,12H2,1-2H3. The fourth-order valence-electron chi connectivity index (χ4n) is 1.68. The second-order valence-corrected chi connectivity index (χ2v) is 3.42. The highest BCUT2D eigenvalue weighted by molar-refractivity contribution is 5.76. The van der Waals surface area contributed by atoms with Crippen LogP contribution in [0.25, 0.3) is 11.1 Å². The number of nitrogens with two attached hydrogens (primary N) is 1. The lowest BCUT2D eigenvalue weighted by molar-refractivity contribution is 0.640. The fraction of sp³-hybridized carbons (Fsp3) is 0.273. The van der Waals surface area contributed by atoms with Gasteiger partial charge >= 0.3 is 0 Å². The van der Waals surface area contributed by atoms with E-state index in [0.29, 0.717) is 5.69 Å². The van der Waals surface area contributed by atoms with E-state index in [2.05, 4.69) is 17.0 Å². The maximum atomic E-state index is 5.87. The van der Waals surface area contributed by atoms with Crippen molar-refractivity contribution in [1.82, 2.24) is 14.8 Å². The van der Waals surface area contributed by atoms with Crippen molar-refractivity contribution >= 4 is 5.69 Å². The minimum Gasteiger partial charge on any atom is -0.397 e. The number of hydrogen-bond donors (Lipinski definition) is 1.